The third-order valence-corrected chi connectivity index (χ3v) is 3.83. The number of hydrogen-bond donors (Lipinski definition) is 1. The molecule has 0 radical (unpaired) electrons. The minimum atomic E-state index is -0.567. The van der Waals surface area contributed by atoms with E-state index < -0.39 is 5.97 Å². The molecule has 1 amide bonds. The highest BCUT2D eigenvalue weighted by molar-refractivity contribution is 5.96. The summed E-state index contributed by atoms with van der Waals surface area (Å²) in [5.74, 6) is -0.106. The predicted octanol–water partition coefficient (Wildman–Crippen LogP) is 3.92. The zero-order valence-corrected chi connectivity index (χ0v) is 15.0. The monoisotopic (exact) mass is 341 g/mol. The van der Waals surface area contributed by atoms with Gasteiger partial charge in [-0.25, -0.2) is 4.79 Å². The Morgan fingerprint density at radius 1 is 1.12 bits per heavy atom. The van der Waals surface area contributed by atoms with Crippen molar-refractivity contribution in [3.05, 3.63) is 59.2 Å². The molecule has 0 heterocycles. The number of benzene rings is 2. The van der Waals surface area contributed by atoms with Gasteiger partial charge in [0.2, 0.25) is 0 Å². The molecule has 0 spiro atoms. The first-order chi connectivity index (χ1) is 11.9. The summed E-state index contributed by atoms with van der Waals surface area (Å²) in [4.78, 5) is 24.2. The standard InChI is InChI=1S/C20H23NO4/c1-13(2)17-10-5-7-14(3)19(17)21-18(22)12-25-20(23)15-8-6-9-16(11-15)24-4/h5-11,13H,12H2,1-4H3,(H,21,22). The smallest absolute Gasteiger partial charge is 0.338 e. The van der Waals surface area contributed by atoms with Crippen LogP contribution >= 0.6 is 0 Å². The first-order valence-electron chi connectivity index (χ1n) is 8.13. The number of carbonyl (C=O) groups excluding carboxylic acids is 2. The lowest BCUT2D eigenvalue weighted by Gasteiger charge is -2.16. The van der Waals surface area contributed by atoms with Gasteiger partial charge in [-0.3, -0.25) is 4.79 Å². The number of amides is 1. The van der Waals surface area contributed by atoms with Crippen molar-refractivity contribution in [3.63, 3.8) is 0 Å². The number of hydrogen-bond acceptors (Lipinski definition) is 4. The van der Waals surface area contributed by atoms with Gasteiger partial charge in [0, 0.05) is 5.69 Å². The van der Waals surface area contributed by atoms with Crippen LogP contribution in [-0.4, -0.2) is 25.6 Å². The van der Waals surface area contributed by atoms with Crippen LogP contribution in [0.25, 0.3) is 0 Å². The van der Waals surface area contributed by atoms with E-state index in [4.69, 9.17) is 9.47 Å². The molecule has 0 aromatic heterocycles. The molecule has 5 nitrogen and oxygen atoms in total. The minimum Gasteiger partial charge on any atom is -0.497 e. The average Bonchev–Trinajstić information content (AvgIpc) is 2.61. The summed E-state index contributed by atoms with van der Waals surface area (Å²) < 4.78 is 10.2. The molecule has 0 saturated heterocycles. The Hall–Kier alpha value is -2.82. The van der Waals surface area contributed by atoms with Crippen LogP contribution in [0.2, 0.25) is 0 Å². The number of methoxy groups -OCH3 is 1. The number of anilines is 1. The number of carbonyl (C=O) groups is 2. The van der Waals surface area contributed by atoms with Gasteiger partial charge in [-0.2, -0.15) is 0 Å². The van der Waals surface area contributed by atoms with Gasteiger partial charge in [0.15, 0.2) is 6.61 Å². The third-order valence-electron chi connectivity index (χ3n) is 3.83. The summed E-state index contributed by atoms with van der Waals surface area (Å²) in [6.07, 6.45) is 0. The quantitative estimate of drug-likeness (QED) is 0.809. The van der Waals surface area contributed by atoms with Crippen LogP contribution in [0.4, 0.5) is 5.69 Å². The summed E-state index contributed by atoms with van der Waals surface area (Å²) in [5.41, 5.74) is 3.14. The van der Waals surface area contributed by atoms with Gasteiger partial charge >= 0.3 is 5.97 Å². The Kier molecular flexibility index (Phi) is 6.17. The van der Waals surface area contributed by atoms with Gasteiger partial charge in [-0.1, -0.05) is 38.1 Å². The summed E-state index contributed by atoms with van der Waals surface area (Å²) in [6.45, 7) is 5.71. The van der Waals surface area contributed by atoms with E-state index in [2.05, 4.69) is 19.2 Å². The number of rotatable bonds is 6. The fraction of sp³-hybridized carbons (Fsp3) is 0.300. The van der Waals surface area contributed by atoms with Gasteiger partial charge in [-0.15, -0.1) is 0 Å². The zero-order valence-electron chi connectivity index (χ0n) is 15.0. The average molecular weight is 341 g/mol. The molecule has 0 aliphatic rings. The van der Waals surface area contributed by atoms with E-state index in [0.717, 1.165) is 16.8 Å². The number of para-hydroxylation sites is 1. The van der Waals surface area contributed by atoms with Gasteiger partial charge in [0.25, 0.3) is 5.91 Å². The summed E-state index contributed by atoms with van der Waals surface area (Å²) in [5, 5.41) is 2.85. The molecule has 2 aromatic rings. The number of nitrogens with one attached hydrogen (secondary N) is 1. The lowest BCUT2D eigenvalue weighted by molar-refractivity contribution is -0.119. The topological polar surface area (TPSA) is 64.6 Å². The van der Waals surface area contributed by atoms with Crippen molar-refractivity contribution in [1.82, 2.24) is 0 Å². The zero-order chi connectivity index (χ0) is 18.4. The molecule has 0 fully saturated rings. The largest absolute Gasteiger partial charge is 0.497 e. The molecule has 2 rings (SSSR count). The van der Waals surface area contributed by atoms with E-state index >= 15 is 0 Å². The lowest BCUT2D eigenvalue weighted by atomic mass is 9.98. The summed E-state index contributed by atoms with van der Waals surface area (Å²) >= 11 is 0. The number of esters is 1. The van der Waals surface area contributed by atoms with Crippen molar-refractivity contribution in [2.45, 2.75) is 26.7 Å². The molecular weight excluding hydrogens is 318 g/mol. The van der Waals surface area contributed by atoms with Crippen molar-refractivity contribution in [2.24, 2.45) is 0 Å². The van der Waals surface area contributed by atoms with Crippen molar-refractivity contribution in [2.75, 3.05) is 19.0 Å². The van der Waals surface area contributed by atoms with Crippen LogP contribution in [0.15, 0.2) is 42.5 Å². The van der Waals surface area contributed by atoms with Gasteiger partial charge in [0.05, 0.1) is 12.7 Å². The minimum absolute atomic E-state index is 0.273. The van der Waals surface area contributed by atoms with E-state index in [0.29, 0.717) is 11.3 Å². The maximum absolute atomic E-state index is 12.2. The highest BCUT2D eigenvalue weighted by Gasteiger charge is 2.14. The normalized spacial score (nSPS) is 10.4. The Labute approximate surface area is 148 Å². The van der Waals surface area contributed by atoms with Crippen LogP contribution in [0.3, 0.4) is 0 Å². The Bertz CT molecular complexity index is 768. The third kappa shape index (κ3) is 4.83. The van der Waals surface area contributed by atoms with Gasteiger partial charge in [-0.05, 0) is 42.2 Å². The number of aryl methyl sites for hydroxylation is 1. The maximum atomic E-state index is 12.2. The molecule has 5 heteroatoms. The predicted molar refractivity (Wildman–Crippen MR) is 97.2 cm³/mol. The van der Waals surface area contributed by atoms with Crippen molar-refractivity contribution in [3.8, 4) is 5.75 Å². The molecule has 25 heavy (non-hydrogen) atoms. The van der Waals surface area contributed by atoms with E-state index in [9.17, 15) is 9.59 Å². The molecule has 0 aliphatic heterocycles. The first kappa shape index (κ1) is 18.5. The molecule has 0 unspecified atom stereocenters. The molecular formula is C20H23NO4. The second-order valence-electron chi connectivity index (χ2n) is 6.05. The van der Waals surface area contributed by atoms with Crippen LogP contribution in [0.1, 0.15) is 41.3 Å². The summed E-state index contributed by atoms with van der Waals surface area (Å²) in [7, 11) is 1.52. The van der Waals surface area contributed by atoms with Crippen LogP contribution in [0, 0.1) is 6.92 Å². The highest BCUT2D eigenvalue weighted by Crippen LogP contribution is 2.27. The van der Waals surface area contributed by atoms with Crippen LogP contribution < -0.4 is 10.1 Å². The van der Waals surface area contributed by atoms with Crippen molar-refractivity contribution < 1.29 is 19.1 Å². The van der Waals surface area contributed by atoms with E-state index in [1.54, 1.807) is 24.3 Å². The van der Waals surface area contributed by atoms with Crippen molar-refractivity contribution >= 4 is 17.6 Å². The van der Waals surface area contributed by atoms with Crippen molar-refractivity contribution in [1.29, 1.82) is 0 Å². The molecule has 0 saturated carbocycles. The van der Waals surface area contributed by atoms with E-state index in [1.807, 2.05) is 25.1 Å². The van der Waals surface area contributed by atoms with Crippen LogP contribution in [-0.2, 0) is 9.53 Å². The SMILES string of the molecule is COc1cccc(C(=O)OCC(=O)Nc2c(C)cccc2C(C)C)c1. The van der Waals surface area contributed by atoms with E-state index in [-0.39, 0.29) is 18.4 Å². The van der Waals surface area contributed by atoms with Gasteiger partial charge < -0.3 is 14.8 Å². The Morgan fingerprint density at radius 3 is 2.52 bits per heavy atom. The molecule has 0 atom stereocenters. The second-order valence-corrected chi connectivity index (χ2v) is 6.05. The number of ether oxygens (including phenoxy) is 2. The lowest BCUT2D eigenvalue weighted by Crippen LogP contribution is -2.22. The van der Waals surface area contributed by atoms with E-state index in [1.165, 1.54) is 7.11 Å². The molecule has 0 aliphatic carbocycles. The fourth-order valence-corrected chi connectivity index (χ4v) is 2.48. The fourth-order valence-electron chi connectivity index (χ4n) is 2.48. The first-order valence-corrected chi connectivity index (χ1v) is 8.13. The molecule has 1 N–H and O–H groups in total. The summed E-state index contributed by atoms with van der Waals surface area (Å²) in [6, 6.07) is 12.5. The Morgan fingerprint density at radius 2 is 1.84 bits per heavy atom. The Balaban J connectivity index is 2.00. The molecule has 132 valence electrons. The maximum Gasteiger partial charge on any atom is 0.338 e. The van der Waals surface area contributed by atoms with Gasteiger partial charge in [0.1, 0.15) is 5.75 Å². The molecule has 0 bridgehead atoms. The molecule has 2 aromatic carbocycles. The van der Waals surface area contributed by atoms with Crippen LogP contribution in [0.5, 0.6) is 5.75 Å². The second kappa shape index (κ2) is 8.33. The highest BCUT2D eigenvalue weighted by atomic mass is 16.5.